The Labute approximate surface area is 167 Å². The molecule has 0 atom stereocenters. The molecular formula is C20H24BrClF2N2. The van der Waals surface area contributed by atoms with E-state index in [1.54, 1.807) is 17.8 Å². The monoisotopic (exact) mass is 444 g/mol. The molecule has 0 amide bonds. The lowest BCUT2D eigenvalue weighted by atomic mass is 10.1. The summed E-state index contributed by atoms with van der Waals surface area (Å²) in [6.07, 6.45) is 0. The Balaban J connectivity index is 0.000000477. The molecular weight excluding hydrogens is 422 g/mol. The first-order valence-corrected chi connectivity index (χ1v) is 9.18. The smallest absolute Gasteiger partial charge is 0.128 e. The molecule has 0 N–H and O–H groups in total. The van der Waals surface area contributed by atoms with Crippen molar-refractivity contribution in [3.63, 3.8) is 0 Å². The minimum atomic E-state index is -0.352. The SMILES string of the molecule is CC.CF.Cc1ccccc1.Cn1nc(Br)cc1-c1cc(F)cc(Cl)c1. The van der Waals surface area contributed by atoms with Gasteiger partial charge in [0.1, 0.15) is 10.4 Å². The van der Waals surface area contributed by atoms with Gasteiger partial charge in [-0.3, -0.25) is 9.07 Å². The summed E-state index contributed by atoms with van der Waals surface area (Å²) in [5.41, 5.74) is 2.84. The van der Waals surface area contributed by atoms with Crippen molar-refractivity contribution in [1.82, 2.24) is 9.78 Å². The van der Waals surface area contributed by atoms with E-state index in [4.69, 9.17) is 11.6 Å². The van der Waals surface area contributed by atoms with Gasteiger partial charge in [0.25, 0.3) is 0 Å². The topological polar surface area (TPSA) is 17.8 Å². The molecule has 0 aliphatic heterocycles. The molecule has 2 aromatic carbocycles. The van der Waals surface area contributed by atoms with E-state index in [9.17, 15) is 8.78 Å². The summed E-state index contributed by atoms with van der Waals surface area (Å²) in [5, 5.41) is 4.49. The van der Waals surface area contributed by atoms with Gasteiger partial charge in [0.15, 0.2) is 0 Å². The van der Waals surface area contributed by atoms with Crippen LogP contribution in [0.15, 0.2) is 59.2 Å². The van der Waals surface area contributed by atoms with Gasteiger partial charge in [-0.15, -0.1) is 0 Å². The number of nitrogens with zero attached hydrogens (tertiary/aromatic N) is 2. The number of alkyl halides is 1. The number of benzene rings is 2. The third kappa shape index (κ3) is 8.59. The molecule has 142 valence electrons. The summed E-state index contributed by atoms with van der Waals surface area (Å²) in [7, 11) is 2.29. The van der Waals surface area contributed by atoms with Crippen molar-refractivity contribution in [2.45, 2.75) is 20.8 Å². The molecule has 0 aliphatic rings. The quantitative estimate of drug-likeness (QED) is 0.386. The molecule has 1 aromatic heterocycles. The summed E-state index contributed by atoms with van der Waals surface area (Å²) >= 11 is 9.04. The minimum absolute atomic E-state index is 0.352. The number of halogens is 4. The third-order valence-corrected chi connectivity index (χ3v) is 3.55. The molecule has 26 heavy (non-hydrogen) atoms. The first-order valence-electron chi connectivity index (χ1n) is 8.01. The lowest BCUT2D eigenvalue weighted by Gasteiger charge is -2.02. The minimum Gasteiger partial charge on any atom is -0.267 e. The molecule has 0 fully saturated rings. The number of aromatic nitrogens is 2. The van der Waals surface area contributed by atoms with Crippen LogP contribution in [0, 0.1) is 12.7 Å². The zero-order valence-electron chi connectivity index (χ0n) is 15.6. The first kappa shape index (κ1) is 24.3. The second kappa shape index (κ2) is 13.5. The maximum absolute atomic E-state index is 13.1. The molecule has 0 aliphatic carbocycles. The molecule has 2 nitrogen and oxygen atoms in total. The molecule has 3 rings (SSSR count). The number of hydrogen-bond donors (Lipinski definition) is 0. The van der Waals surface area contributed by atoms with Crippen LogP contribution in [0.5, 0.6) is 0 Å². The van der Waals surface area contributed by atoms with Gasteiger partial charge in [0, 0.05) is 17.6 Å². The van der Waals surface area contributed by atoms with Crippen molar-refractivity contribution < 1.29 is 8.78 Å². The Kier molecular flexibility index (Phi) is 12.6. The molecule has 0 saturated heterocycles. The largest absolute Gasteiger partial charge is 0.267 e. The predicted molar refractivity (Wildman–Crippen MR) is 111 cm³/mol. The molecule has 0 spiro atoms. The van der Waals surface area contributed by atoms with Gasteiger partial charge in [-0.2, -0.15) is 5.10 Å². The maximum atomic E-state index is 13.1. The molecule has 0 saturated carbocycles. The van der Waals surface area contributed by atoms with Gasteiger partial charge in [-0.05, 0) is 47.1 Å². The summed E-state index contributed by atoms with van der Waals surface area (Å²) in [4.78, 5) is 0. The Bertz CT molecular complexity index is 742. The maximum Gasteiger partial charge on any atom is 0.128 e. The average molecular weight is 446 g/mol. The normalized spacial score (nSPS) is 8.96. The highest BCUT2D eigenvalue weighted by molar-refractivity contribution is 9.10. The summed E-state index contributed by atoms with van der Waals surface area (Å²) in [6, 6.07) is 16.5. The highest BCUT2D eigenvalue weighted by atomic mass is 79.9. The molecule has 0 bridgehead atoms. The number of aryl methyl sites for hydroxylation is 2. The Morgan fingerprint density at radius 2 is 1.58 bits per heavy atom. The van der Waals surface area contributed by atoms with Crippen LogP contribution in [0.4, 0.5) is 8.78 Å². The second-order valence-electron chi connectivity index (χ2n) is 4.79. The van der Waals surface area contributed by atoms with E-state index in [0.717, 1.165) is 5.69 Å². The summed E-state index contributed by atoms with van der Waals surface area (Å²) in [5.74, 6) is -0.352. The van der Waals surface area contributed by atoms with Gasteiger partial charge in [-0.1, -0.05) is 61.3 Å². The van der Waals surface area contributed by atoms with Gasteiger partial charge in [-0.25, -0.2) is 4.39 Å². The molecule has 3 aromatic rings. The van der Waals surface area contributed by atoms with Crippen LogP contribution >= 0.6 is 27.5 Å². The van der Waals surface area contributed by atoms with Crippen molar-refractivity contribution in [2.75, 3.05) is 7.18 Å². The van der Waals surface area contributed by atoms with E-state index in [-0.39, 0.29) is 5.82 Å². The van der Waals surface area contributed by atoms with Gasteiger partial charge >= 0.3 is 0 Å². The zero-order chi connectivity index (χ0) is 20.1. The van der Waals surface area contributed by atoms with Crippen molar-refractivity contribution in [3.8, 4) is 11.3 Å². The van der Waals surface area contributed by atoms with Crippen molar-refractivity contribution in [3.05, 3.63) is 75.6 Å². The predicted octanol–water partition coefficient (Wildman–Crippen LogP) is 7.25. The standard InChI is InChI=1S/C10H7BrClFN2.C7H8.C2H6.CH3F/c1-15-9(5-10(11)14-15)6-2-7(12)4-8(13)3-6;1-7-5-3-2-4-6-7;2*1-2/h2-5H,1H3;2-6H,1H3;1-2H3;1H3. The lowest BCUT2D eigenvalue weighted by molar-refractivity contribution is 0.628. The van der Waals surface area contributed by atoms with E-state index in [1.165, 1.54) is 17.7 Å². The molecule has 6 heteroatoms. The van der Waals surface area contributed by atoms with E-state index >= 15 is 0 Å². The zero-order valence-corrected chi connectivity index (χ0v) is 17.9. The van der Waals surface area contributed by atoms with Crippen LogP contribution in [0.1, 0.15) is 19.4 Å². The fraction of sp³-hybridized carbons (Fsp3) is 0.250. The van der Waals surface area contributed by atoms with Gasteiger partial charge < -0.3 is 0 Å². The Morgan fingerprint density at radius 1 is 1.00 bits per heavy atom. The number of rotatable bonds is 1. The van der Waals surface area contributed by atoms with Gasteiger partial charge in [0.2, 0.25) is 0 Å². The molecule has 1 heterocycles. The summed E-state index contributed by atoms with van der Waals surface area (Å²) < 4.78 is 25.0. The fourth-order valence-electron chi connectivity index (χ4n) is 1.94. The van der Waals surface area contributed by atoms with Crippen LogP contribution in [0.2, 0.25) is 5.02 Å². The molecule has 0 radical (unpaired) electrons. The van der Waals surface area contributed by atoms with Crippen LogP contribution in [-0.2, 0) is 7.05 Å². The van der Waals surface area contributed by atoms with E-state index in [0.29, 0.717) is 22.4 Å². The van der Waals surface area contributed by atoms with Crippen molar-refractivity contribution >= 4 is 27.5 Å². The fourth-order valence-corrected chi connectivity index (χ4v) is 2.62. The van der Waals surface area contributed by atoms with Crippen molar-refractivity contribution in [1.29, 1.82) is 0 Å². The molecule has 0 unspecified atom stereocenters. The Hall–Kier alpha value is -1.72. The lowest BCUT2D eigenvalue weighted by Crippen LogP contribution is -1.93. The van der Waals surface area contributed by atoms with Gasteiger partial charge in [0.05, 0.1) is 12.9 Å². The van der Waals surface area contributed by atoms with Crippen molar-refractivity contribution in [2.24, 2.45) is 7.05 Å². The highest BCUT2D eigenvalue weighted by Gasteiger charge is 2.07. The van der Waals surface area contributed by atoms with E-state index in [1.807, 2.05) is 38.1 Å². The average Bonchev–Trinajstić information content (AvgIpc) is 2.97. The van der Waals surface area contributed by atoms with Crippen LogP contribution in [-0.4, -0.2) is 17.0 Å². The number of hydrogen-bond acceptors (Lipinski definition) is 1. The van der Waals surface area contributed by atoms with Crippen LogP contribution < -0.4 is 0 Å². The summed E-state index contributed by atoms with van der Waals surface area (Å²) in [6.45, 7) is 6.08. The van der Waals surface area contributed by atoms with Crippen LogP contribution in [0.3, 0.4) is 0 Å². The first-order chi connectivity index (χ1) is 12.5. The Morgan fingerprint density at radius 3 is 1.96 bits per heavy atom. The highest BCUT2D eigenvalue weighted by Crippen LogP contribution is 2.25. The van der Waals surface area contributed by atoms with E-state index in [2.05, 4.69) is 40.1 Å². The van der Waals surface area contributed by atoms with E-state index < -0.39 is 0 Å². The third-order valence-electron chi connectivity index (χ3n) is 2.95. The second-order valence-corrected chi connectivity index (χ2v) is 6.04. The van der Waals surface area contributed by atoms with Crippen LogP contribution in [0.25, 0.3) is 11.3 Å².